The number of hydrogen-bond donors (Lipinski definition) is 0. The van der Waals surface area contributed by atoms with Crippen molar-refractivity contribution in [1.82, 2.24) is 4.57 Å². The number of unbranched alkanes of at least 4 members (excludes halogenated alkanes) is 1. The molecule has 0 radical (unpaired) electrons. The molecule has 0 bridgehead atoms. The second-order valence-electron chi connectivity index (χ2n) is 3.67. The number of aryl methyl sites for hydroxylation is 1. The van der Waals surface area contributed by atoms with Crippen molar-refractivity contribution in [3.05, 3.63) is 36.0 Å². The third-order valence-corrected chi connectivity index (χ3v) is 2.63. The fourth-order valence-corrected chi connectivity index (χ4v) is 1.88. The number of aromatic nitrogens is 1. The van der Waals surface area contributed by atoms with Crippen LogP contribution in [-0.2, 0) is 6.54 Å². The second-order valence-corrected chi connectivity index (χ2v) is 3.67. The van der Waals surface area contributed by atoms with Crippen LogP contribution in [-0.4, -0.2) is 10.9 Å². The minimum Gasteiger partial charge on any atom is -0.347 e. The van der Waals surface area contributed by atoms with E-state index in [0.29, 0.717) is 12.0 Å². The van der Waals surface area contributed by atoms with Crippen LogP contribution in [0.1, 0.15) is 23.2 Å². The minimum atomic E-state index is 0.545. The third-order valence-electron chi connectivity index (χ3n) is 2.63. The maximum atomic E-state index is 10.9. The summed E-state index contributed by atoms with van der Waals surface area (Å²) in [4.78, 5) is 10.9. The van der Waals surface area contributed by atoms with E-state index in [4.69, 9.17) is 5.26 Å². The molecule has 0 saturated heterocycles. The van der Waals surface area contributed by atoms with E-state index in [9.17, 15) is 4.79 Å². The van der Waals surface area contributed by atoms with E-state index >= 15 is 0 Å². The smallest absolute Gasteiger partial charge is 0.152 e. The van der Waals surface area contributed by atoms with E-state index in [2.05, 4.69) is 6.07 Å². The van der Waals surface area contributed by atoms with Crippen molar-refractivity contribution >= 4 is 17.2 Å². The molecule has 0 amide bonds. The Balaban J connectivity index is 2.38. The summed E-state index contributed by atoms with van der Waals surface area (Å²) in [6.07, 6.45) is 4.09. The van der Waals surface area contributed by atoms with Crippen LogP contribution in [0.5, 0.6) is 0 Å². The molecule has 1 aromatic carbocycles. The van der Waals surface area contributed by atoms with Gasteiger partial charge in [-0.15, -0.1) is 0 Å². The summed E-state index contributed by atoms with van der Waals surface area (Å²) in [6.45, 7) is 0.780. The van der Waals surface area contributed by atoms with Crippen molar-refractivity contribution < 1.29 is 4.79 Å². The first-order valence-electron chi connectivity index (χ1n) is 5.27. The molecule has 0 aliphatic rings. The molecule has 0 aliphatic heterocycles. The van der Waals surface area contributed by atoms with Gasteiger partial charge < -0.3 is 4.57 Å². The molecular formula is C13H12N2O. The number of hydrogen-bond acceptors (Lipinski definition) is 2. The van der Waals surface area contributed by atoms with Gasteiger partial charge in [-0.3, -0.25) is 4.79 Å². The second kappa shape index (κ2) is 4.63. The number of rotatable bonds is 4. The molecule has 2 rings (SSSR count). The van der Waals surface area contributed by atoms with E-state index < -0.39 is 0 Å². The van der Waals surface area contributed by atoms with Crippen molar-refractivity contribution in [2.45, 2.75) is 19.4 Å². The lowest BCUT2D eigenvalue weighted by Gasteiger charge is -2.02. The number of fused-ring (bicyclic) bond motifs is 1. The molecule has 0 N–H and O–H groups in total. The summed E-state index contributed by atoms with van der Waals surface area (Å²) < 4.78 is 2.04. The molecule has 0 spiro atoms. The largest absolute Gasteiger partial charge is 0.347 e. The Morgan fingerprint density at radius 1 is 1.38 bits per heavy atom. The van der Waals surface area contributed by atoms with Gasteiger partial charge in [0.05, 0.1) is 6.07 Å². The quantitative estimate of drug-likeness (QED) is 0.577. The van der Waals surface area contributed by atoms with E-state index in [-0.39, 0.29) is 0 Å². The lowest BCUT2D eigenvalue weighted by molar-refractivity contribution is 0.112. The molecule has 3 heteroatoms. The van der Waals surface area contributed by atoms with Crippen molar-refractivity contribution in [1.29, 1.82) is 5.26 Å². The average molecular weight is 212 g/mol. The fourth-order valence-electron chi connectivity index (χ4n) is 1.88. The highest BCUT2D eigenvalue weighted by atomic mass is 16.1. The number of carbonyl (C=O) groups is 1. The number of nitriles is 1. The monoisotopic (exact) mass is 212 g/mol. The van der Waals surface area contributed by atoms with Gasteiger partial charge in [0.1, 0.15) is 0 Å². The van der Waals surface area contributed by atoms with Crippen LogP contribution in [0.15, 0.2) is 30.5 Å². The first-order chi connectivity index (χ1) is 7.86. The maximum absolute atomic E-state index is 10.9. The molecular weight excluding hydrogens is 200 g/mol. The van der Waals surface area contributed by atoms with Gasteiger partial charge in [0.2, 0.25) is 0 Å². The first-order valence-corrected chi connectivity index (χ1v) is 5.27. The summed E-state index contributed by atoms with van der Waals surface area (Å²) in [6, 6.07) is 9.94. The summed E-state index contributed by atoms with van der Waals surface area (Å²) in [5.41, 5.74) is 1.77. The normalized spacial score (nSPS) is 10.2. The van der Waals surface area contributed by atoms with Gasteiger partial charge in [0.25, 0.3) is 0 Å². The highest BCUT2D eigenvalue weighted by Gasteiger charge is 2.06. The number of benzene rings is 1. The Morgan fingerprint density at radius 3 is 2.94 bits per heavy atom. The van der Waals surface area contributed by atoms with E-state index in [1.807, 2.05) is 35.0 Å². The van der Waals surface area contributed by atoms with Gasteiger partial charge in [-0.2, -0.15) is 5.26 Å². The summed E-state index contributed by atoms with van der Waals surface area (Å²) in [7, 11) is 0. The van der Waals surface area contributed by atoms with Crippen LogP contribution in [0.3, 0.4) is 0 Å². The minimum absolute atomic E-state index is 0.545. The van der Waals surface area contributed by atoms with Crippen LogP contribution in [0.4, 0.5) is 0 Å². The number of nitrogens with zero attached hydrogens (tertiary/aromatic N) is 2. The topological polar surface area (TPSA) is 45.8 Å². The first kappa shape index (κ1) is 10.4. The molecule has 0 aliphatic carbocycles. The number of carbonyl (C=O) groups excluding carboxylic acids is 1. The van der Waals surface area contributed by atoms with Crippen molar-refractivity contribution in [2.24, 2.45) is 0 Å². The average Bonchev–Trinajstić information content (AvgIpc) is 2.68. The summed E-state index contributed by atoms with van der Waals surface area (Å²) in [5.74, 6) is 0. The van der Waals surface area contributed by atoms with Crippen molar-refractivity contribution in [3.8, 4) is 6.07 Å². The molecule has 0 saturated carbocycles. The molecule has 2 aromatic rings. The zero-order valence-corrected chi connectivity index (χ0v) is 8.89. The maximum Gasteiger partial charge on any atom is 0.152 e. The van der Waals surface area contributed by atoms with Crippen LogP contribution in [0.25, 0.3) is 10.9 Å². The van der Waals surface area contributed by atoms with E-state index in [1.54, 1.807) is 0 Å². The Kier molecular flexibility index (Phi) is 3.02. The molecule has 0 fully saturated rings. The molecule has 1 aromatic heterocycles. The predicted molar refractivity (Wildman–Crippen MR) is 62.2 cm³/mol. The Morgan fingerprint density at radius 2 is 2.19 bits per heavy atom. The molecule has 0 atom stereocenters. The highest BCUT2D eigenvalue weighted by Crippen LogP contribution is 2.20. The van der Waals surface area contributed by atoms with Crippen LogP contribution in [0, 0.1) is 11.3 Å². The van der Waals surface area contributed by atoms with Crippen molar-refractivity contribution in [3.63, 3.8) is 0 Å². The van der Waals surface area contributed by atoms with Gasteiger partial charge in [0, 0.05) is 35.6 Å². The lowest BCUT2D eigenvalue weighted by Crippen LogP contribution is -1.95. The van der Waals surface area contributed by atoms with Gasteiger partial charge in [-0.05, 0) is 12.5 Å². The molecule has 3 nitrogen and oxygen atoms in total. The third kappa shape index (κ3) is 1.82. The van der Waals surface area contributed by atoms with Crippen LogP contribution < -0.4 is 0 Å². The van der Waals surface area contributed by atoms with Crippen LogP contribution >= 0.6 is 0 Å². The molecule has 80 valence electrons. The Labute approximate surface area is 93.9 Å². The summed E-state index contributed by atoms with van der Waals surface area (Å²) in [5, 5.41) is 9.47. The van der Waals surface area contributed by atoms with E-state index in [1.165, 1.54) is 0 Å². The molecule has 1 heterocycles. The van der Waals surface area contributed by atoms with Gasteiger partial charge in [0.15, 0.2) is 6.29 Å². The Bertz CT molecular complexity index is 549. The standard InChI is InChI=1S/C13H12N2O/c14-7-3-4-8-15-9-11(10-16)12-5-1-2-6-13(12)15/h1-2,5-6,9-10H,3-4,8H2. The SMILES string of the molecule is N#CCCCn1cc(C=O)c2ccccc21. The zero-order valence-electron chi connectivity index (χ0n) is 8.89. The fraction of sp³-hybridized carbons (Fsp3) is 0.231. The predicted octanol–water partition coefficient (Wildman–Crippen LogP) is 2.76. The van der Waals surface area contributed by atoms with Crippen molar-refractivity contribution in [2.75, 3.05) is 0 Å². The molecule has 0 unspecified atom stereocenters. The van der Waals surface area contributed by atoms with Gasteiger partial charge in [-0.1, -0.05) is 18.2 Å². The number of aldehydes is 1. The number of para-hydroxylation sites is 1. The lowest BCUT2D eigenvalue weighted by atomic mass is 10.2. The van der Waals surface area contributed by atoms with Crippen LogP contribution in [0.2, 0.25) is 0 Å². The van der Waals surface area contributed by atoms with Gasteiger partial charge in [-0.25, -0.2) is 0 Å². The Hall–Kier alpha value is -2.08. The summed E-state index contributed by atoms with van der Waals surface area (Å²) >= 11 is 0. The van der Waals surface area contributed by atoms with E-state index in [0.717, 1.165) is 30.2 Å². The zero-order chi connectivity index (χ0) is 11.4. The van der Waals surface area contributed by atoms with Gasteiger partial charge >= 0.3 is 0 Å². The molecule has 16 heavy (non-hydrogen) atoms. The highest BCUT2D eigenvalue weighted by molar-refractivity contribution is 5.97.